The Labute approximate surface area is 125 Å². The minimum absolute atomic E-state index is 0.147. The zero-order chi connectivity index (χ0) is 15.6. The third kappa shape index (κ3) is 3.05. The molecule has 108 valence electrons. The van der Waals surface area contributed by atoms with Crippen molar-refractivity contribution in [3.05, 3.63) is 50.5 Å². The van der Waals surface area contributed by atoms with Crippen molar-refractivity contribution in [1.82, 2.24) is 9.97 Å². The number of nitro groups is 1. The number of carboxylic acids is 1. The Kier molecular flexibility index (Phi) is 3.98. The molecule has 1 aromatic carbocycles. The van der Waals surface area contributed by atoms with Crippen LogP contribution in [0, 0.1) is 10.1 Å². The molecule has 0 spiro atoms. The van der Waals surface area contributed by atoms with Gasteiger partial charge in [0.05, 0.1) is 16.9 Å². The monoisotopic (exact) mass is 354 g/mol. The number of nitrogens with zero attached hydrogens (tertiary/aromatic N) is 2. The molecule has 0 bridgehead atoms. The number of carbonyl (C=O) groups excluding carboxylic acids is 1. The molecule has 0 aliphatic rings. The number of aromatic carboxylic acids is 1. The number of H-pyrrole nitrogens is 1. The molecule has 3 N–H and O–H groups in total. The fourth-order valence-corrected chi connectivity index (χ4v) is 2.00. The lowest BCUT2D eigenvalue weighted by atomic mass is 10.2. The van der Waals surface area contributed by atoms with Gasteiger partial charge in [0, 0.05) is 16.6 Å². The third-order valence-corrected chi connectivity index (χ3v) is 3.14. The fourth-order valence-electron chi connectivity index (χ4n) is 1.53. The van der Waals surface area contributed by atoms with E-state index in [0.717, 1.165) is 6.33 Å². The second kappa shape index (κ2) is 5.71. The van der Waals surface area contributed by atoms with E-state index in [9.17, 15) is 19.7 Å². The van der Waals surface area contributed by atoms with E-state index in [1.54, 1.807) is 0 Å². The highest BCUT2D eigenvalue weighted by Gasteiger charge is 2.20. The highest BCUT2D eigenvalue weighted by molar-refractivity contribution is 9.10. The van der Waals surface area contributed by atoms with Gasteiger partial charge in [-0.3, -0.25) is 14.9 Å². The molecule has 1 heterocycles. The molecule has 0 saturated heterocycles. The first kappa shape index (κ1) is 14.7. The van der Waals surface area contributed by atoms with Crippen molar-refractivity contribution in [2.45, 2.75) is 0 Å². The van der Waals surface area contributed by atoms with Gasteiger partial charge in [0.2, 0.25) is 0 Å². The van der Waals surface area contributed by atoms with Gasteiger partial charge in [-0.1, -0.05) is 0 Å². The third-order valence-electron chi connectivity index (χ3n) is 2.48. The van der Waals surface area contributed by atoms with Gasteiger partial charge in [0.25, 0.3) is 11.6 Å². The van der Waals surface area contributed by atoms with Gasteiger partial charge in [0.1, 0.15) is 0 Å². The summed E-state index contributed by atoms with van der Waals surface area (Å²) in [6.07, 6.45) is 1.09. The van der Waals surface area contributed by atoms with Crippen LogP contribution >= 0.6 is 15.9 Å². The lowest BCUT2D eigenvalue weighted by molar-refractivity contribution is -0.384. The molecule has 0 aliphatic heterocycles. The molecule has 1 amide bonds. The van der Waals surface area contributed by atoms with E-state index < -0.39 is 16.8 Å². The number of carbonyl (C=O) groups is 2. The summed E-state index contributed by atoms with van der Waals surface area (Å²) in [6.45, 7) is 0. The Morgan fingerprint density at radius 2 is 2.14 bits per heavy atom. The number of nitro benzene ring substituents is 1. The van der Waals surface area contributed by atoms with E-state index in [1.807, 2.05) is 0 Å². The molecular weight excluding hydrogens is 348 g/mol. The average Bonchev–Trinajstić information content (AvgIpc) is 2.90. The summed E-state index contributed by atoms with van der Waals surface area (Å²) < 4.78 is 0.289. The molecule has 2 aromatic rings. The molecular formula is C11H7BrN4O5. The van der Waals surface area contributed by atoms with Gasteiger partial charge in [-0.15, -0.1) is 0 Å². The highest BCUT2D eigenvalue weighted by atomic mass is 79.9. The normalized spacial score (nSPS) is 10.1. The minimum Gasteiger partial charge on any atom is -0.477 e. The highest BCUT2D eigenvalue weighted by Crippen LogP contribution is 2.27. The number of anilines is 1. The number of benzene rings is 1. The number of non-ortho nitro benzene ring substituents is 1. The average molecular weight is 355 g/mol. The van der Waals surface area contributed by atoms with Gasteiger partial charge >= 0.3 is 5.97 Å². The first-order valence-electron chi connectivity index (χ1n) is 5.42. The van der Waals surface area contributed by atoms with E-state index >= 15 is 0 Å². The predicted molar refractivity (Wildman–Crippen MR) is 74.3 cm³/mol. The summed E-state index contributed by atoms with van der Waals surface area (Å²) in [5, 5.41) is 21.9. The second-order valence-electron chi connectivity index (χ2n) is 3.81. The molecule has 2 rings (SSSR count). The van der Waals surface area contributed by atoms with E-state index in [0.29, 0.717) is 0 Å². The molecule has 1 aromatic heterocycles. The Morgan fingerprint density at radius 3 is 2.71 bits per heavy atom. The number of amides is 1. The van der Waals surface area contributed by atoms with E-state index in [1.165, 1.54) is 18.2 Å². The van der Waals surface area contributed by atoms with Crippen LogP contribution in [0.25, 0.3) is 0 Å². The molecule has 0 atom stereocenters. The van der Waals surface area contributed by atoms with Gasteiger partial charge in [-0.2, -0.15) is 0 Å². The van der Waals surface area contributed by atoms with Crippen molar-refractivity contribution in [2.75, 3.05) is 5.32 Å². The molecule has 9 nitrogen and oxygen atoms in total. The molecule has 10 heteroatoms. The molecule has 0 unspecified atom stereocenters. The Hall–Kier alpha value is -2.75. The van der Waals surface area contributed by atoms with Crippen LogP contribution in [0.3, 0.4) is 0 Å². The molecule has 0 radical (unpaired) electrons. The lowest BCUT2D eigenvalue weighted by Crippen LogP contribution is -2.16. The maximum atomic E-state index is 12.0. The summed E-state index contributed by atoms with van der Waals surface area (Å²) in [4.78, 5) is 38.9. The summed E-state index contributed by atoms with van der Waals surface area (Å²) in [7, 11) is 0. The molecule has 21 heavy (non-hydrogen) atoms. The Bertz CT molecular complexity index is 742. The first-order chi connectivity index (χ1) is 9.90. The molecule has 0 fully saturated rings. The largest absolute Gasteiger partial charge is 0.477 e. The van der Waals surface area contributed by atoms with Crippen molar-refractivity contribution < 1.29 is 19.6 Å². The summed E-state index contributed by atoms with van der Waals surface area (Å²) >= 11 is 3.09. The topological polar surface area (TPSA) is 138 Å². The number of hydrogen-bond donors (Lipinski definition) is 3. The van der Waals surface area contributed by atoms with E-state index in [4.69, 9.17) is 5.11 Å². The van der Waals surface area contributed by atoms with Gasteiger partial charge in [-0.25, -0.2) is 9.78 Å². The van der Waals surface area contributed by atoms with Crippen molar-refractivity contribution in [2.24, 2.45) is 0 Å². The van der Waals surface area contributed by atoms with Crippen LogP contribution in [0.2, 0.25) is 0 Å². The van der Waals surface area contributed by atoms with Crippen LogP contribution in [0.4, 0.5) is 11.4 Å². The van der Waals surface area contributed by atoms with Crippen LogP contribution in [-0.2, 0) is 0 Å². The van der Waals surface area contributed by atoms with Gasteiger partial charge in [-0.05, 0) is 22.0 Å². The Morgan fingerprint density at radius 1 is 1.43 bits per heavy atom. The zero-order valence-electron chi connectivity index (χ0n) is 10.2. The quantitative estimate of drug-likeness (QED) is 0.567. The number of rotatable bonds is 4. The molecule has 0 aliphatic carbocycles. The van der Waals surface area contributed by atoms with Crippen molar-refractivity contribution in [3.8, 4) is 0 Å². The summed E-state index contributed by atoms with van der Waals surface area (Å²) in [6, 6.07) is 3.76. The smallest absolute Gasteiger partial charge is 0.354 e. The summed E-state index contributed by atoms with van der Waals surface area (Å²) in [5.74, 6) is -2.07. The number of hydrogen-bond acceptors (Lipinski definition) is 5. The maximum Gasteiger partial charge on any atom is 0.354 e. The van der Waals surface area contributed by atoms with Crippen LogP contribution in [0.5, 0.6) is 0 Å². The van der Waals surface area contributed by atoms with Gasteiger partial charge < -0.3 is 15.4 Å². The van der Waals surface area contributed by atoms with Crippen molar-refractivity contribution in [3.63, 3.8) is 0 Å². The van der Waals surface area contributed by atoms with Crippen molar-refractivity contribution in [1.29, 1.82) is 0 Å². The minimum atomic E-state index is -1.32. The maximum absolute atomic E-state index is 12.0. The van der Waals surface area contributed by atoms with E-state index in [2.05, 4.69) is 31.2 Å². The number of aromatic nitrogens is 2. The van der Waals surface area contributed by atoms with Crippen LogP contribution in [0.15, 0.2) is 29.0 Å². The zero-order valence-corrected chi connectivity index (χ0v) is 11.7. The van der Waals surface area contributed by atoms with E-state index in [-0.39, 0.29) is 27.2 Å². The van der Waals surface area contributed by atoms with Crippen LogP contribution in [-0.4, -0.2) is 31.9 Å². The standard InChI is InChI=1S/C11H7BrN4O5/c12-6-3-5(16(20)21)1-2-7(6)15-10(17)8-9(11(18)19)14-4-13-8/h1-4H,(H,13,14)(H,15,17)(H,18,19). The fraction of sp³-hybridized carbons (Fsp3) is 0. The first-order valence-corrected chi connectivity index (χ1v) is 6.21. The number of carboxylic acid groups (broad SMARTS) is 1. The van der Waals surface area contributed by atoms with Crippen LogP contribution < -0.4 is 5.32 Å². The van der Waals surface area contributed by atoms with Crippen LogP contribution in [0.1, 0.15) is 21.0 Å². The number of halogens is 1. The second-order valence-corrected chi connectivity index (χ2v) is 4.66. The molecule has 0 saturated carbocycles. The SMILES string of the molecule is O=C(Nc1ccc([N+](=O)[O-])cc1Br)c1nc[nH]c1C(=O)O. The number of imidazole rings is 1. The Balaban J connectivity index is 2.26. The number of nitrogens with one attached hydrogen (secondary N) is 2. The van der Waals surface area contributed by atoms with Gasteiger partial charge in [0.15, 0.2) is 11.4 Å². The predicted octanol–water partition coefficient (Wildman–Crippen LogP) is 2.03. The lowest BCUT2D eigenvalue weighted by Gasteiger charge is -2.06. The number of aromatic amines is 1. The summed E-state index contributed by atoms with van der Waals surface area (Å²) in [5.41, 5.74) is -0.519. The van der Waals surface area contributed by atoms with Crippen molar-refractivity contribution >= 4 is 39.2 Å².